The van der Waals surface area contributed by atoms with E-state index in [-0.39, 0.29) is 19.1 Å². The number of hydrogen-bond donors (Lipinski definition) is 2. The molecule has 0 atom stereocenters. The van der Waals surface area contributed by atoms with Crippen molar-refractivity contribution in [2.45, 2.75) is 43.6 Å². The van der Waals surface area contributed by atoms with Crippen LogP contribution >= 0.6 is 11.8 Å². The number of hydrogen-bond acceptors (Lipinski definition) is 4. The van der Waals surface area contributed by atoms with Gasteiger partial charge in [0.1, 0.15) is 6.54 Å². The Morgan fingerprint density at radius 1 is 1.35 bits per heavy atom. The second kappa shape index (κ2) is 7.66. The summed E-state index contributed by atoms with van der Waals surface area (Å²) in [5.41, 5.74) is 1.96. The molecule has 1 saturated carbocycles. The van der Waals surface area contributed by atoms with Crippen LogP contribution in [0.25, 0.3) is 0 Å². The minimum absolute atomic E-state index is 0.00916. The van der Waals surface area contributed by atoms with Gasteiger partial charge in [-0.2, -0.15) is 0 Å². The number of carbonyl (C=O) groups excluding carboxylic acids is 1. The summed E-state index contributed by atoms with van der Waals surface area (Å²) in [6.07, 6.45) is 4.73. The number of rotatable bonds is 8. The fourth-order valence-electron chi connectivity index (χ4n) is 2.35. The van der Waals surface area contributed by atoms with Crippen molar-refractivity contribution in [2.24, 2.45) is 0 Å². The van der Waals surface area contributed by atoms with E-state index < -0.39 is 0 Å². The number of nitrogens with one attached hydrogen (secondary N) is 1. The second-order valence-electron chi connectivity index (χ2n) is 5.70. The van der Waals surface area contributed by atoms with Crippen LogP contribution < -0.4 is 5.32 Å². The zero-order valence-corrected chi connectivity index (χ0v) is 13.8. The van der Waals surface area contributed by atoms with Crippen molar-refractivity contribution in [3.63, 3.8) is 0 Å². The van der Waals surface area contributed by atoms with Crippen molar-refractivity contribution in [3.05, 3.63) is 47.8 Å². The molecule has 0 bridgehead atoms. The Bertz CT molecular complexity index is 653. The Hall–Kier alpha value is -1.79. The third-order valence-corrected chi connectivity index (χ3v) is 4.76. The van der Waals surface area contributed by atoms with Crippen molar-refractivity contribution in [2.75, 3.05) is 5.75 Å². The van der Waals surface area contributed by atoms with Crippen LogP contribution in [-0.4, -0.2) is 32.4 Å². The third kappa shape index (κ3) is 4.59. The van der Waals surface area contributed by atoms with Crippen LogP contribution in [0.5, 0.6) is 0 Å². The SMILES string of the molecule is O=C(Cn1c(CO)cnc1SCCc1ccccc1)NC1CC1. The average Bonchev–Trinajstić information content (AvgIpc) is 3.29. The first-order chi connectivity index (χ1) is 11.3. The molecular formula is C17H21N3O2S. The topological polar surface area (TPSA) is 67.2 Å². The first-order valence-electron chi connectivity index (χ1n) is 7.87. The largest absolute Gasteiger partial charge is 0.390 e. The molecule has 0 aliphatic heterocycles. The van der Waals surface area contributed by atoms with Crippen LogP contribution in [0.3, 0.4) is 0 Å². The number of thioether (sulfide) groups is 1. The van der Waals surface area contributed by atoms with Crippen LogP contribution in [0.2, 0.25) is 0 Å². The maximum atomic E-state index is 12.0. The van der Waals surface area contributed by atoms with E-state index in [0.29, 0.717) is 11.7 Å². The fourth-order valence-corrected chi connectivity index (χ4v) is 3.34. The predicted molar refractivity (Wildman–Crippen MR) is 90.2 cm³/mol. The summed E-state index contributed by atoms with van der Waals surface area (Å²) in [6, 6.07) is 10.6. The average molecular weight is 331 g/mol. The molecule has 2 N–H and O–H groups in total. The van der Waals surface area contributed by atoms with E-state index in [1.54, 1.807) is 18.0 Å². The van der Waals surface area contributed by atoms with Gasteiger partial charge in [0.2, 0.25) is 5.91 Å². The quantitative estimate of drug-likeness (QED) is 0.726. The van der Waals surface area contributed by atoms with E-state index in [9.17, 15) is 9.90 Å². The molecule has 1 aliphatic rings. The van der Waals surface area contributed by atoms with Gasteiger partial charge in [-0.15, -0.1) is 0 Å². The Balaban J connectivity index is 1.59. The molecule has 0 saturated heterocycles. The maximum absolute atomic E-state index is 12.0. The van der Waals surface area contributed by atoms with Gasteiger partial charge in [-0.05, 0) is 24.8 Å². The minimum Gasteiger partial charge on any atom is -0.390 e. The molecule has 23 heavy (non-hydrogen) atoms. The number of aliphatic hydroxyl groups excluding tert-OH is 1. The molecule has 1 fully saturated rings. The lowest BCUT2D eigenvalue weighted by molar-refractivity contribution is -0.122. The molecule has 6 heteroatoms. The van der Waals surface area contributed by atoms with E-state index >= 15 is 0 Å². The van der Waals surface area contributed by atoms with E-state index in [4.69, 9.17) is 0 Å². The van der Waals surface area contributed by atoms with Gasteiger partial charge < -0.3 is 15.0 Å². The number of imidazole rings is 1. The summed E-state index contributed by atoms with van der Waals surface area (Å²) < 4.78 is 1.81. The normalized spacial score (nSPS) is 14.0. The van der Waals surface area contributed by atoms with Crippen molar-refractivity contribution in [3.8, 4) is 0 Å². The van der Waals surface area contributed by atoms with Crippen molar-refractivity contribution >= 4 is 17.7 Å². The van der Waals surface area contributed by atoms with Gasteiger partial charge in [-0.1, -0.05) is 42.1 Å². The van der Waals surface area contributed by atoms with Crippen molar-refractivity contribution in [1.82, 2.24) is 14.9 Å². The molecule has 1 amide bonds. The molecule has 1 aromatic carbocycles. The lowest BCUT2D eigenvalue weighted by atomic mass is 10.2. The third-order valence-electron chi connectivity index (χ3n) is 3.77. The van der Waals surface area contributed by atoms with Crippen LogP contribution in [0.1, 0.15) is 24.1 Å². The molecule has 0 unspecified atom stereocenters. The molecule has 1 aliphatic carbocycles. The molecule has 122 valence electrons. The zero-order valence-electron chi connectivity index (χ0n) is 12.9. The highest BCUT2D eigenvalue weighted by atomic mass is 32.2. The maximum Gasteiger partial charge on any atom is 0.240 e. The lowest BCUT2D eigenvalue weighted by Gasteiger charge is -2.10. The number of aryl methyl sites for hydroxylation is 1. The second-order valence-corrected chi connectivity index (χ2v) is 6.76. The molecule has 0 radical (unpaired) electrons. The summed E-state index contributed by atoms with van der Waals surface area (Å²) in [5, 5.41) is 13.2. The van der Waals surface area contributed by atoms with Crippen LogP contribution in [-0.2, 0) is 24.4 Å². The highest BCUT2D eigenvalue weighted by Crippen LogP contribution is 2.21. The van der Waals surface area contributed by atoms with Crippen molar-refractivity contribution in [1.29, 1.82) is 0 Å². The van der Waals surface area contributed by atoms with E-state index in [1.807, 2.05) is 22.8 Å². The van der Waals surface area contributed by atoms with Gasteiger partial charge in [0.15, 0.2) is 5.16 Å². The molecule has 3 rings (SSSR count). The number of nitrogens with zero attached hydrogens (tertiary/aromatic N) is 2. The van der Waals surface area contributed by atoms with E-state index in [2.05, 4.69) is 22.4 Å². The van der Waals surface area contributed by atoms with Crippen molar-refractivity contribution < 1.29 is 9.90 Å². The number of amides is 1. The number of aromatic nitrogens is 2. The number of carbonyl (C=O) groups is 1. The van der Waals surface area contributed by atoms with Gasteiger partial charge in [-0.25, -0.2) is 4.98 Å². The molecule has 1 heterocycles. The summed E-state index contributed by atoms with van der Waals surface area (Å²) in [4.78, 5) is 16.4. The van der Waals surface area contributed by atoms with Crippen LogP contribution in [0.4, 0.5) is 0 Å². The molecule has 5 nitrogen and oxygen atoms in total. The standard InChI is InChI=1S/C17H21N3O2S/c21-12-15-10-18-17(20(15)11-16(22)19-14-6-7-14)23-9-8-13-4-2-1-3-5-13/h1-5,10,14,21H,6-9,11-12H2,(H,19,22). The summed E-state index contributed by atoms with van der Waals surface area (Å²) >= 11 is 1.62. The van der Waals surface area contributed by atoms with Gasteiger partial charge in [-0.3, -0.25) is 4.79 Å². The highest BCUT2D eigenvalue weighted by molar-refractivity contribution is 7.99. The monoisotopic (exact) mass is 331 g/mol. The van der Waals surface area contributed by atoms with Gasteiger partial charge >= 0.3 is 0 Å². The Kier molecular flexibility index (Phi) is 5.35. The summed E-state index contributed by atoms with van der Waals surface area (Å²) in [6.45, 7) is 0.114. The van der Waals surface area contributed by atoms with Crippen LogP contribution in [0, 0.1) is 0 Å². The van der Waals surface area contributed by atoms with E-state index in [1.165, 1.54) is 5.56 Å². The molecular weight excluding hydrogens is 310 g/mol. The summed E-state index contributed by atoms with van der Waals surface area (Å²) in [5.74, 6) is 0.876. The van der Waals surface area contributed by atoms with E-state index in [0.717, 1.165) is 30.2 Å². The lowest BCUT2D eigenvalue weighted by Crippen LogP contribution is -2.30. The number of benzene rings is 1. The predicted octanol–water partition coefficient (Wildman–Crippen LogP) is 1.99. The highest BCUT2D eigenvalue weighted by Gasteiger charge is 2.24. The Morgan fingerprint density at radius 2 is 2.13 bits per heavy atom. The Morgan fingerprint density at radius 3 is 2.83 bits per heavy atom. The van der Waals surface area contributed by atoms with Gasteiger partial charge in [0.05, 0.1) is 18.5 Å². The number of aliphatic hydroxyl groups is 1. The van der Waals surface area contributed by atoms with Gasteiger partial charge in [0.25, 0.3) is 0 Å². The molecule has 2 aromatic rings. The zero-order chi connectivity index (χ0) is 16.1. The van der Waals surface area contributed by atoms with Crippen LogP contribution in [0.15, 0.2) is 41.7 Å². The van der Waals surface area contributed by atoms with Gasteiger partial charge in [0, 0.05) is 11.8 Å². The summed E-state index contributed by atoms with van der Waals surface area (Å²) in [7, 11) is 0. The molecule has 0 spiro atoms. The first-order valence-corrected chi connectivity index (χ1v) is 8.86. The Labute approximate surface area is 140 Å². The smallest absolute Gasteiger partial charge is 0.240 e. The fraction of sp³-hybridized carbons (Fsp3) is 0.412. The minimum atomic E-state index is -0.108. The first kappa shape index (κ1) is 16.1. The molecule has 1 aromatic heterocycles.